The van der Waals surface area contributed by atoms with Crippen LogP contribution in [0.4, 0.5) is 5.69 Å². The molecule has 1 aliphatic rings. The maximum Gasteiger partial charge on any atom is 0.253 e. The summed E-state index contributed by atoms with van der Waals surface area (Å²) in [7, 11) is 0. The summed E-state index contributed by atoms with van der Waals surface area (Å²) in [5.41, 5.74) is 1.65. The second kappa shape index (κ2) is 6.09. The minimum atomic E-state index is 0.0243. The van der Waals surface area contributed by atoms with Crippen molar-refractivity contribution in [3.05, 3.63) is 29.8 Å². The SMILES string of the molecule is CC(C)Nc1ccccc1C(=O)NCC(C)C1CC1. The number of carbonyl (C=O) groups is 1. The summed E-state index contributed by atoms with van der Waals surface area (Å²) in [6.45, 7) is 7.14. The third-order valence-electron chi connectivity index (χ3n) is 3.63. The summed E-state index contributed by atoms with van der Waals surface area (Å²) in [6, 6.07) is 8.01. The van der Waals surface area contributed by atoms with Crippen molar-refractivity contribution >= 4 is 11.6 Å². The maximum absolute atomic E-state index is 12.2. The van der Waals surface area contributed by atoms with E-state index in [0.29, 0.717) is 12.0 Å². The predicted molar refractivity (Wildman–Crippen MR) is 79.4 cm³/mol. The zero-order chi connectivity index (χ0) is 13.8. The summed E-state index contributed by atoms with van der Waals surface area (Å²) in [5.74, 6) is 1.44. The van der Waals surface area contributed by atoms with Gasteiger partial charge in [0.25, 0.3) is 5.91 Å². The van der Waals surface area contributed by atoms with Crippen molar-refractivity contribution in [3.63, 3.8) is 0 Å². The van der Waals surface area contributed by atoms with Crippen LogP contribution in [0.5, 0.6) is 0 Å². The molecule has 1 fully saturated rings. The molecule has 1 amide bonds. The zero-order valence-electron chi connectivity index (χ0n) is 12.1. The highest BCUT2D eigenvalue weighted by Gasteiger charge is 2.28. The highest BCUT2D eigenvalue weighted by atomic mass is 16.1. The Kier molecular flexibility index (Phi) is 4.46. The average molecular weight is 260 g/mol. The zero-order valence-corrected chi connectivity index (χ0v) is 12.1. The lowest BCUT2D eigenvalue weighted by atomic mass is 10.1. The quantitative estimate of drug-likeness (QED) is 0.824. The molecule has 19 heavy (non-hydrogen) atoms. The van der Waals surface area contributed by atoms with Crippen molar-refractivity contribution in [2.45, 2.75) is 39.7 Å². The second-order valence-electron chi connectivity index (χ2n) is 5.87. The van der Waals surface area contributed by atoms with Gasteiger partial charge in [0.05, 0.1) is 5.56 Å². The van der Waals surface area contributed by atoms with Gasteiger partial charge in [0.1, 0.15) is 0 Å². The van der Waals surface area contributed by atoms with E-state index in [9.17, 15) is 4.79 Å². The molecule has 1 atom stereocenters. The highest BCUT2D eigenvalue weighted by molar-refractivity contribution is 5.99. The van der Waals surface area contributed by atoms with Gasteiger partial charge in [0.15, 0.2) is 0 Å². The molecule has 2 rings (SSSR count). The van der Waals surface area contributed by atoms with Crippen molar-refractivity contribution in [1.29, 1.82) is 0 Å². The van der Waals surface area contributed by atoms with Crippen LogP contribution in [0.25, 0.3) is 0 Å². The Balaban J connectivity index is 1.97. The van der Waals surface area contributed by atoms with Crippen LogP contribution in [0.1, 0.15) is 44.0 Å². The molecule has 1 saturated carbocycles. The summed E-state index contributed by atoms with van der Waals surface area (Å²) in [4.78, 5) is 12.2. The number of benzene rings is 1. The third-order valence-corrected chi connectivity index (χ3v) is 3.63. The lowest BCUT2D eigenvalue weighted by molar-refractivity contribution is 0.0947. The van der Waals surface area contributed by atoms with E-state index in [1.54, 1.807) is 0 Å². The van der Waals surface area contributed by atoms with Crippen molar-refractivity contribution in [1.82, 2.24) is 5.32 Å². The van der Waals surface area contributed by atoms with Crippen molar-refractivity contribution in [3.8, 4) is 0 Å². The van der Waals surface area contributed by atoms with E-state index >= 15 is 0 Å². The van der Waals surface area contributed by atoms with Crippen LogP contribution in [0, 0.1) is 11.8 Å². The van der Waals surface area contributed by atoms with Crippen molar-refractivity contribution < 1.29 is 4.79 Å². The molecule has 1 aromatic rings. The molecule has 0 heterocycles. The van der Waals surface area contributed by atoms with Crippen molar-refractivity contribution in [2.75, 3.05) is 11.9 Å². The summed E-state index contributed by atoms with van der Waals surface area (Å²) < 4.78 is 0. The predicted octanol–water partition coefficient (Wildman–Crippen LogP) is 3.28. The first-order chi connectivity index (χ1) is 9.08. The second-order valence-corrected chi connectivity index (χ2v) is 5.87. The number of hydrogen-bond donors (Lipinski definition) is 2. The van der Waals surface area contributed by atoms with E-state index in [1.807, 2.05) is 24.3 Å². The third kappa shape index (κ3) is 3.98. The average Bonchev–Trinajstić information content (AvgIpc) is 3.19. The number of para-hydroxylation sites is 1. The van der Waals surface area contributed by atoms with Gasteiger partial charge in [-0.25, -0.2) is 0 Å². The number of anilines is 1. The number of rotatable bonds is 6. The van der Waals surface area contributed by atoms with Gasteiger partial charge in [-0.15, -0.1) is 0 Å². The van der Waals surface area contributed by atoms with Gasteiger partial charge in [-0.2, -0.15) is 0 Å². The lowest BCUT2D eigenvalue weighted by Gasteiger charge is -2.16. The molecule has 0 spiro atoms. The number of hydrogen-bond acceptors (Lipinski definition) is 2. The van der Waals surface area contributed by atoms with Crippen LogP contribution in [0.15, 0.2) is 24.3 Å². The Morgan fingerprint density at radius 1 is 1.26 bits per heavy atom. The topological polar surface area (TPSA) is 41.1 Å². The molecule has 1 aliphatic carbocycles. The summed E-state index contributed by atoms with van der Waals surface area (Å²) >= 11 is 0. The minimum Gasteiger partial charge on any atom is -0.382 e. The van der Waals surface area contributed by atoms with Crippen LogP contribution in [0.2, 0.25) is 0 Å². The molecule has 3 heteroatoms. The molecular formula is C16H24N2O. The number of amides is 1. The lowest BCUT2D eigenvalue weighted by Crippen LogP contribution is -2.30. The first kappa shape index (κ1) is 13.9. The van der Waals surface area contributed by atoms with Gasteiger partial charge in [0.2, 0.25) is 0 Å². The van der Waals surface area contributed by atoms with Crippen LogP contribution in [-0.2, 0) is 0 Å². The molecule has 0 radical (unpaired) electrons. The van der Waals surface area contributed by atoms with E-state index in [-0.39, 0.29) is 5.91 Å². The van der Waals surface area contributed by atoms with Crippen LogP contribution in [-0.4, -0.2) is 18.5 Å². The molecule has 1 aromatic carbocycles. The summed E-state index contributed by atoms with van der Waals surface area (Å²) in [5, 5.41) is 6.37. The largest absolute Gasteiger partial charge is 0.382 e. The first-order valence-corrected chi connectivity index (χ1v) is 7.21. The Labute approximate surface area is 115 Å². The molecule has 2 N–H and O–H groups in total. The fourth-order valence-corrected chi connectivity index (χ4v) is 2.30. The molecule has 0 bridgehead atoms. The smallest absolute Gasteiger partial charge is 0.253 e. The highest BCUT2D eigenvalue weighted by Crippen LogP contribution is 2.36. The molecule has 0 aromatic heterocycles. The van der Waals surface area contributed by atoms with Gasteiger partial charge >= 0.3 is 0 Å². The Hall–Kier alpha value is -1.51. The van der Waals surface area contributed by atoms with Crippen molar-refractivity contribution in [2.24, 2.45) is 11.8 Å². The van der Waals surface area contributed by atoms with E-state index in [4.69, 9.17) is 0 Å². The molecule has 3 nitrogen and oxygen atoms in total. The monoisotopic (exact) mass is 260 g/mol. The van der Waals surface area contributed by atoms with Crippen LogP contribution in [0.3, 0.4) is 0 Å². The van der Waals surface area contributed by atoms with Gasteiger partial charge in [-0.3, -0.25) is 4.79 Å². The Morgan fingerprint density at radius 2 is 1.95 bits per heavy atom. The molecule has 0 saturated heterocycles. The number of carbonyl (C=O) groups excluding carboxylic acids is 1. The molecular weight excluding hydrogens is 236 g/mol. The fraction of sp³-hybridized carbons (Fsp3) is 0.562. The summed E-state index contributed by atoms with van der Waals surface area (Å²) in [6.07, 6.45) is 2.64. The number of nitrogens with one attached hydrogen (secondary N) is 2. The van der Waals surface area contributed by atoms with E-state index in [0.717, 1.165) is 23.7 Å². The maximum atomic E-state index is 12.2. The van der Waals surface area contributed by atoms with Gasteiger partial charge in [0, 0.05) is 18.3 Å². The molecule has 1 unspecified atom stereocenters. The van der Waals surface area contributed by atoms with E-state index in [2.05, 4.69) is 31.4 Å². The van der Waals surface area contributed by atoms with Gasteiger partial charge in [-0.1, -0.05) is 19.1 Å². The standard InChI is InChI=1S/C16H24N2O/c1-11(2)18-15-7-5-4-6-14(15)16(19)17-10-12(3)13-8-9-13/h4-7,11-13,18H,8-10H2,1-3H3,(H,17,19). The van der Waals surface area contributed by atoms with Gasteiger partial charge < -0.3 is 10.6 Å². The van der Waals surface area contributed by atoms with E-state index < -0.39 is 0 Å². The van der Waals surface area contributed by atoms with Gasteiger partial charge in [-0.05, 0) is 50.7 Å². The fourth-order valence-electron chi connectivity index (χ4n) is 2.30. The minimum absolute atomic E-state index is 0.0243. The Bertz CT molecular complexity index is 438. The normalized spacial score (nSPS) is 16.2. The first-order valence-electron chi connectivity index (χ1n) is 7.21. The Morgan fingerprint density at radius 3 is 2.58 bits per heavy atom. The molecule has 104 valence electrons. The van der Waals surface area contributed by atoms with Crippen LogP contribution >= 0.6 is 0 Å². The molecule has 0 aliphatic heterocycles. The van der Waals surface area contributed by atoms with E-state index in [1.165, 1.54) is 12.8 Å². The van der Waals surface area contributed by atoms with Crippen LogP contribution < -0.4 is 10.6 Å².